The maximum atomic E-state index is 9.29. The maximum absolute atomic E-state index is 9.29. The third-order valence-corrected chi connectivity index (χ3v) is 3.83. The van der Waals surface area contributed by atoms with Gasteiger partial charge in [0.05, 0.1) is 0 Å². The molecule has 0 aliphatic carbocycles. The highest BCUT2D eigenvalue weighted by atomic mass is 35.5. The monoisotopic (exact) mass is 339 g/mol. The summed E-state index contributed by atoms with van der Waals surface area (Å²) >= 11 is 5.88. The van der Waals surface area contributed by atoms with E-state index in [1.807, 2.05) is 60.7 Å². The fourth-order valence-electron chi connectivity index (χ4n) is 2.28. The maximum Gasteiger partial charge on any atom is 0.120 e. The minimum atomic E-state index is 0.262. The minimum absolute atomic E-state index is 0.262. The first-order valence-corrected chi connectivity index (χ1v) is 8.06. The standard InChI is InChI=1S/C20H18ClNO2/c21-17-6-4-15(5-7-17)14-24-20-3-1-2-16(12-20)13-22-18-8-10-19(23)11-9-18/h1-12,22-23H,13-14H2. The van der Waals surface area contributed by atoms with Crippen molar-refractivity contribution < 1.29 is 9.84 Å². The molecule has 24 heavy (non-hydrogen) atoms. The summed E-state index contributed by atoms with van der Waals surface area (Å²) in [5.74, 6) is 1.09. The molecule has 0 aliphatic heterocycles. The summed E-state index contributed by atoms with van der Waals surface area (Å²) in [5.41, 5.74) is 3.16. The molecule has 122 valence electrons. The molecule has 2 N–H and O–H groups in total. The van der Waals surface area contributed by atoms with Crippen molar-refractivity contribution in [1.29, 1.82) is 0 Å². The van der Waals surface area contributed by atoms with E-state index in [1.54, 1.807) is 12.1 Å². The summed E-state index contributed by atoms with van der Waals surface area (Å²) in [4.78, 5) is 0. The fourth-order valence-corrected chi connectivity index (χ4v) is 2.40. The van der Waals surface area contributed by atoms with Crippen LogP contribution in [0.5, 0.6) is 11.5 Å². The van der Waals surface area contributed by atoms with Gasteiger partial charge in [0.2, 0.25) is 0 Å². The Kier molecular flexibility index (Phi) is 5.24. The van der Waals surface area contributed by atoms with E-state index in [4.69, 9.17) is 16.3 Å². The van der Waals surface area contributed by atoms with Gasteiger partial charge in [0.15, 0.2) is 0 Å². The lowest BCUT2D eigenvalue weighted by atomic mass is 10.2. The molecule has 4 heteroatoms. The highest BCUT2D eigenvalue weighted by Crippen LogP contribution is 2.18. The average molecular weight is 340 g/mol. The van der Waals surface area contributed by atoms with E-state index in [-0.39, 0.29) is 5.75 Å². The van der Waals surface area contributed by atoms with Gasteiger partial charge in [-0.1, -0.05) is 35.9 Å². The van der Waals surface area contributed by atoms with Crippen LogP contribution in [0.2, 0.25) is 5.02 Å². The molecule has 0 radical (unpaired) electrons. The largest absolute Gasteiger partial charge is 0.508 e. The number of nitrogens with one attached hydrogen (secondary N) is 1. The number of halogens is 1. The molecule has 0 fully saturated rings. The van der Waals surface area contributed by atoms with Crippen molar-refractivity contribution in [2.45, 2.75) is 13.2 Å². The third-order valence-electron chi connectivity index (χ3n) is 3.58. The van der Waals surface area contributed by atoms with Crippen molar-refractivity contribution in [2.24, 2.45) is 0 Å². The predicted octanol–water partition coefficient (Wildman–Crippen LogP) is 5.24. The van der Waals surface area contributed by atoms with Crippen molar-refractivity contribution in [2.75, 3.05) is 5.32 Å². The second-order valence-electron chi connectivity index (χ2n) is 5.46. The fraction of sp³-hybridized carbons (Fsp3) is 0.100. The first-order chi connectivity index (χ1) is 11.7. The van der Waals surface area contributed by atoms with Crippen molar-refractivity contribution in [3.8, 4) is 11.5 Å². The second-order valence-corrected chi connectivity index (χ2v) is 5.90. The number of rotatable bonds is 6. The zero-order chi connectivity index (χ0) is 16.8. The van der Waals surface area contributed by atoms with Crippen molar-refractivity contribution in [1.82, 2.24) is 0 Å². The van der Waals surface area contributed by atoms with Gasteiger partial charge >= 0.3 is 0 Å². The van der Waals surface area contributed by atoms with Crippen LogP contribution in [0.15, 0.2) is 72.8 Å². The molecule has 0 bridgehead atoms. The van der Waals surface area contributed by atoms with Crippen molar-refractivity contribution in [3.63, 3.8) is 0 Å². The minimum Gasteiger partial charge on any atom is -0.508 e. The quantitative estimate of drug-likeness (QED) is 0.604. The second kappa shape index (κ2) is 7.75. The van der Waals surface area contributed by atoms with E-state index >= 15 is 0 Å². The van der Waals surface area contributed by atoms with Crippen LogP contribution in [0, 0.1) is 0 Å². The van der Waals surface area contributed by atoms with Crippen molar-refractivity contribution >= 4 is 17.3 Å². The Morgan fingerprint density at radius 1 is 0.875 bits per heavy atom. The van der Waals surface area contributed by atoms with Gasteiger partial charge in [-0.3, -0.25) is 0 Å². The molecular formula is C20H18ClNO2. The molecule has 0 spiro atoms. The molecule has 3 aromatic rings. The Morgan fingerprint density at radius 3 is 2.38 bits per heavy atom. The Hall–Kier alpha value is -2.65. The van der Waals surface area contributed by atoms with Gasteiger partial charge in [-0.15, -0.1) is 0 Å². The molecule has 0 saturated heterocycles. The van der Waals surface area contributed by atoms with Crippen LogP contribution in [0.3, 0.4) is 0 Å². The van der Waals surface area contributed by atoms with Gasteiger partial charge in [-0.05, 0) is 59.7 Å². The zero-order valence-corrected chi connectivity index (χ0v) is 13.8. The van der Waals surface area contributed by atoms with Crippen LogP contribution in [0.1, 0.15) is 11.1 Å². The molecule has 3 rings (SSSR count). The summed E-state index contributed by atoms with van der Waals surface area (Å²) < 4.78 is 5.84. The number of phenols is 1. The van der Waals surface area contributed by atoms with E-state index in [2.05, 4.69) is 5.32 Å². The van der Waals surface area contributed by atoms with Crippen LogP contribution in [-0.2, 0) is 13.2 Å². The lowest BCUT2D eigenvalue weighted by Crippen LogP contribution is -2.00. The zero-order valence-electron chi connectivity index (χ0n) is 13.1. The van der Waals surface area contributed by atoms with E-state index in [0.717, 1.165) is 27.6 Å². The number of aromatic hydroxyl groups is 1. The molecule has 0 aromatic heterocycles. The average Bonchev–Trinajstić information content (AvgIpc) is 2.61. The van der Waals surface area contributed by atoms with Crippen LogP contribution < -0.4 is 10.1 Å². The lowest BCUT2D eigenvalue weighted by Gasteiger charge is -2.10. The summed E-state index contributed by atoms with van der Waals surface area (Å²) in [6, 6.07) is 22.6. The van der Waals surface area contributed by atoms with Crippen LogP contribution >= 0.6 is 11.6 Å². The molecule has 0 unspecified atom stereocenters. The normalized spacial score (nSPS) is 10.4. The summed E-state index contributed by atoms with van der Waals surface area (Å²) in [6.45, 7) is 1.19. The topological polar surface area (TPSA) is 41.5 Å². The number of hydrogen-bond acceptors (Lipinski definition) is 3. The molecule has 0 heterocycles. The lowest BCUT2D eigenvalue weighted by molar-refractivity contribution is 0.306. The van der Waals surface area contributed by atoms with Crippen LogP contribution in [0.4, 0.5) is 5.69 Å². The Labute approximate surface area is 146 Å². The van der Waals surface area contributed by atoms with Gasteiger partial charge in [0.1, 0.15) is 18.1 Å². The van der Waals surface area contributed by atoms with E-state index in [0.29, 0.717) is 13.2 Å². The van der Waals surface area contributed by atoms with Gasteiger partial charge in [-0.25, -0.2) is 0 Å². The number of benzene rings is 3. The molecule has 0 amide bonds. The predicted molar refractivity (Wildman–Crippen MR) is 97.7 cm³/mol. The summed E-state index contributed by atoms with van der Waals surface area (Å²) in [6.07, 6.45) is 0. The van der Waals surface area contributed by atoms with E-state index in [1.165, 1.54) is 0 Å². The highest BCUT2D eigenvalue weighted by molar-refractivity contribution is 6.30. The van der Waals surface area contributed by atoms with Gasteiger partial charge < -0.3 is 15.2 Å². The first-order valence-electron chi connectivity index (χ1n) is 7.68. The van der Waals surface area contributed by atoms with Crippen LogP contribution in [-0.4, -0.2) is 5.11 Å². The number of ether oxygens (including phenoxy) is 1. The van der Waals surface area contributed by atoms with Crippen molar-refractivity contribution in [3.05, 3.63) is 88.9 Å². The van der Waals surface area contributed by atoms with Gasteiger partial charge in [-0.2, -0.15) is 0 Å². The number of hydrogen-bond donors (Lipinski definition) is 2. The molecular weight excluding hydrogens is 322 g/mol. The molecule has 3 aromatic carbocycles. The van der Waals surface area contributed by atoms with E-state index in [9.17, 15) is 5.11 Å². The molecule has 0 atom stereocenters. The van der Waals surface area contributed by atoms with Gasteiger partial charge in [0, 0.05) is 17.3 Å². The summed E-state index contributed by atoms with van der Waals surface area (Å²) in [7, 11) is 0. The Morgan fingerprint density at radius 2 is 1.62 bits per heavy atom. The Bertz CT molecular complexity index is 721. The SMILES string of the molecule is Oc1ccc(NCc2cccc(OCc3ccc(Cl)cc3)c2)cc1. The van der Waals surface area contributed by atoms with E-state index < -0.39 is 0 Å². The summed E-state index contributed by atoms with van der Waals surface area (Å²) in [5, 5.41) is 13.3. The Balaban J connectivity index is 1.57. The first kappa shape index (κ1) is 16.2. The third kappa shape index (κ3) is 4.67. The highest BCUT2D eigenvalue weighted by Gasteiger charge is 2.00. The smallest absolute Gasteiger partial charge is 0.120 e. The molecule has 3 nitrogen and oxygen atoms in total. The van der Waals surface area contributed by atoms with Crippen LogP contribution in [0.25, 0.3) is 0 Å². The number of anilines is 1. The molecule has 0 aliphatic rings. The number of phenolic OH excluding ortho intramolecular Hbond substituents is 1. The molecule has 0 saturated carbocycles. The van der Waals surface area contributed by atoms with Gasteiger partial charge in [0.25, 0.3) is 0 Å².